The van der Waals surface area contributed by atoms with Gasteiger partial charge in [-0.3, -0.25) is 4.79 Å². The van der Waals surface area contributed by atoms with Gasteiger partial charge in [0.25, 0.3) is 5.91 Å². The van der Waals surface area contributed by atoms with Gasteiger partial charge in [-0.2, -0.15) is 0 Å². The van der Waals surface area contributed by atoms with Crippen LogP contribution in [0.5, 0.6) is 0 Å². The smallest absolute Gasteiger partial charge is 0.287 e. The van der Waals surface area contributed by atoms with Gasteiger partial charge < -0.3 is 19.7 Å². The molecular formula is C15H20N2O4. The number of nitrogens with zero attached hydrogens (tertiary/aromatic N) is 1. The van der Waals surface area contributed by atoms with E-state index in [2.05, 4.69) is 5.16 Å². The molecule has 0 unspecified atom stereocenters. The number of carbonyl (C=O) groups excluding carboxylic acids is 1. The number of carbonyl (C=O) groups is 1. The zero-order chi connectivity index (χ0) is 14.5. The van der Waals surface area contributed by atoms with E-state index in [0.717, 1.165) is 56.2 Å². The third-order valence-electron chi connectivity index (χ3n) is 5.34. The third kappa shape index (κ3) is 1.66. The molecule has 2 fully saturated rings. The maximum Gasteiger partial charge on any atom is 0.287 e. The average molecular weight is 292 g/mol. The van der Waals surface area contributed by atoms with Crippen molar-refractivity contribution in [1.29, 1.82) is 0 Å². The summed E-state index contributed by atoms with van der Waals surface area (Å²) in [4.78, 5) is 11.5. The molecule has 1 amide bonds. The SMILES string of the molecule is NC(=O)c1onc2c1CCC[C@@]21CCCCC12OCCO2. The second-order valence-corrected chi connectivity index (χ2v) is 6.30. The first kappa shape index (κ1) is 13.3. The molecule has 2 aliphatic carbocycles. The molecule has 1 saturated carbocycles. The zero-order valence-electron chi connectivity index (χ0n) is 12.0. The van der Waals surface area contributed by atoms with Crippen LogP contribution in [0.25, 0.3) is 0 Å². The Morgan fingerprint density at radius 1 is 1.10 bits per heavy atom. The second-order valence-electron chi connectivity index (χ2n) is 6.30. The quantitative estimate of drug-likeness (QED) is 0.850. The standard InChI is InChI=1S/C15H20N2O4/c16-13(18)11-10-4-3-6-14(12(10)17-21-11)5-1-2-7-15(14)19-8-9-20-15/h1-9H2,(H2,16,18)/t14-/m0/s1. The van der Waals surface area contributed by atoms with Crippen LogP contribution in [0.1, 0.15) is 60.3 Å². The molecule has 6 nitrogen and oxygen atoms in total. The highest BCUT2D eigenvalue weighted by atomic mass is 16.7. The Bertz CT molecular complexity index is 576. The number of nitrogens with two attached hydrogens (primary N) is 1. The number of amides is 1. The van der Waals surface area contributed by atoms with Crippen LogP contribution < -0.4 is 5.73 Å². The maximum atomic E-state index is 11.5. The number of fused-ring (bicyclic) bond motifs is 3. The minimum Gasteiger partial charge on any atom is -0.363 e. The summed E-state index contributed by atoms with van der Waals surface area (Å²) in [6.07, 6.45) is 6.78. The number of hydrogen-bond acceptors (Lipinski definition) is 5. The Kier molecular flexibility index (Phi) is 2.87. The maximum absolute atomic E-state index is 11.5. The van der Waals surface area contributed by atoms with E-state index in [1.54, 1.807) is 0 Å². The van der Waals surface area contributed by atoms with Gasteiger partial charge in [-0.1, -0.05) is 11.6 Å². The average Bonchev–Trinajstić information content (AvgIpc) is 3.11. The van der Waals surface area contributed by atoms with E-state index < -0.39 is 11.7 Å². The monoisotopic (exact) mass is 292 g/mol. The first-order valence-electron chi connectivity index (χ1n) is 7.75. The van der Waals surface area contributed by atoms with Crippen LogP contribution >= 0.6 is 0 Å². The van der Waals surface area contributed by atoms with Crippen LogP contribution in [-0.2, 0) is 21.3 Å². The lowest BCUT2D eigenvalue weighted by molar-refractivity contribution is -0.231. The molecule has 2 N–H and O–H groups in total. The Balaban J connectivity index is 1.87. The predicted octanol–water partition coefficient (Wildman–Crippen LogP) is 1.66. The molecule has 2 spiro atoms. The molecule has 0 aromatic carbocycles. The summed E-state index contributed by atoms with van der Waals surface area (Å²) in [5, 5.41) is 4.24. The van der Waals surface area contributed by atoms with E-state index in [4.69, 9.17) is 19.7 Å². The molecule has 1 aliphatic heterocycles. The van der Waals surface area contributed by atoms with Crippen molar-refractivity contribution in [3.05, 3.63) is 17.0 Å². The molecular weight excluding hydrogens is 272 g/mol. The van der Waals surface area contributed by atoms with Gasteiger partial charge in [0.1, 0.15) is 0 Å². The molecule has 0 radical (unpaired) electrons. The van der Waals surface area contributed by atoms with E-state index in [9.17, 15) is 4.79 Å². The Labute approximate surface area is 122 Å². The predicted molar refractivity (Wildman–Crippen MR) is 72.7 cm³/mol. The minimum atomic E-state index is -0.591. The van der Waals surface area contributed by atoms with Gasteiger partial charge in [-0.15, -0.1) is 0 Å². The van der Waals surface area contributed by atoms with E-state index >= 15 is 0 Å². The van der Waals surface area contributed by atoms with E-state index in [1.165, 1.54) is 0 Å². The molecule has 0 bridgehead atoms. The molecule has 1 aromatic heterocycles. The van der Waals surface area contributed by atoms with Crippen molar-refractivity contribution in [2.75, 3.05) is 13.2 Å². The third-order valence-corrected chi connectivity index (χ3v) is 5.34. The van der Waals surface area contributed by atoms with Crippen molar-refractivity contribution in [3.8, 4) is 0 Å². The van der Waals surface area contributed by atoms with Gasteiger partial charge in [-0.05, 0) is 32.1 Å². The highest BCUT2D eigenvalue weighted by Crippen LogP contribution is 2.56. The van der Waals surface area contributed by atoms with E-state index in [0.29, 0.717) is 13.2 Å². The fourth-order valence-corrected chi connectivity index (χ4v) is 4.50. The Morgan fingerprint density at radius 3 is 2.57 bits per heavy atom. The van der Waals surface area contributed by atoms with Gasteiger partial charge >= 0.3 is 0 Å². The lowest BCUT2D eigenvalue weighted by atomic mass is 9.61. The molecule has 21 heavy (non-hydrogen) atoms. The largest absolute Gasteiger partial charge is 0.363 e. The van der Waals surface area contributed by atoms with E-state index in [1.807, 2.05) is 0 Å². The highest BCUT2D eigenvalue weighted by Gasteiger charge is 2.61. The van der Waals surface area contributed by atoms with Crippen molar-refractivity contribution in [2.45, 2.75) is 56.1 Å². The molecule has 2 heterocycles. The number of aromatic nitrogens is 1. The fourth-order valence-electron chi connectivity index (χ4n) is 4.50. The fraction of sp³-hybridized carbons (Fsp3) is 0.733. The van der Waals surface area contributed by atoms with Crippen LogP contribution in [0.3, 0.4) is 0 Å². The van der Waals surface area contributed by atoms with Crippen LogP contribution in [0, 0.1) is 0 Å². The molecule has 114 valence electrons. The van der Waals surface area contributed by atoms with Gasteiger partial charge in [0, 0.05) is 12.0 Å². The lowest BCUT2D eigenvalue weighted by Crippen LogP contribution is -2.56. The van der Waals surface area contributed by atoms with Gasteiger partial charge in [-0.25, -0.2) is 0 Å². The second kappa shape index (κ2) is 4.55. The summed E-state index contributed by atoms with van der Waals surface area (Å²) in [6, 6.07) is 0. The van der Waals surface area contributed by atoms with Crippen LogP contribution in [-0.4, -0.2) is 30.1 Å². The van der Waals surface area contributed by atoms with Crippen molar-refractivity contribution >= 4 is 5.91 Å². The van der Waals surface area contributed by atoms with Crippen LogP contribution in [0.2, 0.25) is 0 Å². The number of hydrogen-bond donors (Lipinski definition) is 1. The lowest BCUT2D eigenvalue weighted by Gasteiger charge is -2.50. The summed E-state index contributed by atoms with van der Waals surface area (Å²) < 4.78 is 17.4. The van der Waals surface area contributed by atoms with Gasteiger partial charge in [0.05, 0.1) is 24.3 Å². The van der Waals surface area contributed by atoms with Crippen molar-refractivity contribution in [2.24, 2.45) is 5.73 Å². The topological polar surface area (TPSA) is 87.6 Å². The normalized spacial score (nSPS) is 30.7. The zero-order valence-corrected chi connectivity index (χ0v) is 12.0. The first-order chi connectivity index (χ1) is 10.2. The van der Waals surface area contributed by atoms with Crippen molar-refractivity contribution in [3.63, 3.8) is 0 Å². The summed E-state index contributed by atoms with van der Waals surface area (Å²) in [5.41, 5.74) is 6.85. The molecule has 1 saturated heterocycles. The first-order valence-corrected chi connectivity index (χ1v) is 7.75. The molecule has 3 aliphatic rings. The Hall–Kier alpha value is -1.40. The highest BCUT2D eigenvalue weighted by molar-refractivity contribution is 5.91. The van der Waals surface area contributed by atoms with Crippen LogP contribution in [0.4, 0.5) is 0 Å². The van der Waals surface area contributed by atoms with Crippen LogP contribution in [0.15, 0.2) is 4.52 Å². The van der Waals surface area contributed by atoms with E-state index in [-0.39, 0.29) is 11.2 Å². The number of primary amides is 1. The summed E-state index contributed by atoms with van der Waals surface area (Å²) in [7, 11) is 0. The van der Waals surface area contributed by atoms with Gasteiger partial charge in [0.2, 0.25) is 5.76 Å². The molecule has 6 heteroatoms. The Morgan fingerprint density at radius 2 is 1.81 bits per heavy atom. The molecule has 4 rings (SSSR count). The van der Waals surface area contributed by atoms with Gasteiger partial charge in [0.15, 0.2) is 5.79 Å². The minimum absolute atomic E-state index is 0.211. The summed E-state index contributed by atoms with van der Waals surface area (Å²) in [5.74, 6) is -0.923. The summed E-state index contributed by atoms with van der Waals surface area (Å²) in [6.45, 7) is 1.25. The molecule has 1 atom stereocenters. The van der Waals surface area contributed by atoms with Crippen molar-refractivity contribution in [1.82, 2.24) is 5.16 Å². The van der Waals surface area contributed by atoms with Crippen molar-refractivity contribution < 1.29 is 18.8 Å². The number of ether oxygens (including phenoxy) is 2. The molecule has 1 aromatic rings. The summed E-state index contributed by atoms with van der Waals surface area (Å²) >= 11 is 0. The number of rotatable bonds is 1.